The van der Waals surface area contributed by atoms with Gasteiger partial charge < -0.3 is 4.57 Å². The quantitative estimate of drug-likeness (QED) is 0.692. The number of nitrogens with zero attached hydrogens (tertiary/aromatic N) is 3. The Labute approximate surface area is 154 Å². The molecule has 1 aliphatic rings. The Kier molecular flexibility index (Phi) is 4.32. The van der Waals surface area contributed by atoms with Gasteiger partial charge in [0.25, 0.3) is 0 Å². The topological polar surface area (TPSA) is 55.2 Å². The smallest absolute Gasteiger partial charge is 0.243 e. The summed E-state index contributed by atoms with van der Waals surface area (Å²) in [5.74, 6) is 1.74. The first-order valence-electron chi connectivity index (χ1n) is 8.96. The zero-order chi connectivity index (χ0) is 18.3. The zero-order valence-corrected chi connectivity index (χ0v) is 15.9. The van der Waals surface area contributed by atoms with Gasteiger partial charge in [-0.15, -0.1) is 0 Å². The molecular formula is C20H23N3O2S. The molecule has 0 amide bonds. The summed E-state index contributed by atoms with van der Waals surface area (Å²) in [5, 5.41) is 1.74. The molecule has 2 heterocycles. The molecule has 3 aromatic rings. The molecule has 1 aliphatic heterocycles. The fraction of sp³-hybridized carbons (Fsp3) is 0.350. The van der Waals surface area contributed by atoms with Crippen molar-refractivity contribution in [3.05, 3.63) is 60.7 Å². The van der Waals surface area contributed by atoms with Crippen molar-refractivity contribution in [3.8, 4) is 0 Å². The average molecular weight is 369 g/mol. The summed E-state index contributed by atoms with van der Waals surface area (Å²) in [7, 11) is -3.46. The maximum Gasteiger partial charge on any atom is 0.243 e. The van der Waals surface area contributed by atoms with Gasteiger partial charge in [-0.2, -0.15) is 4.31 Å². The van der Waals surface area contributed by atoms with Crippen LogP contribution in [0.3, 0.4) is 0 Å². The summed E-state index contributed by atoms with van der Waals surface area (Å²) >= 11 is 0. The van der Waals surface area contributed by atoms with Crippen LogP contribution in [-0.2, 0) is 16.6 Å². The molecule has 6 heteroatoms. The van der Waals surface area contributed by atoms with Gasteiger partial charge in [-0.05, 0) is 11.5 Å². The number of fused-ring (bicyclic) bond motifs is 1. The maximum atomic E-state index is 13.1. The Morgan fingerprint density at radius 3 is 2.62 bits per heavy atom. The van der Waals surface area contributed by atoms with E-state index in [0.29, 0.717) is 29.8 Å². The van der Waals surface area contributed by atoms with Crippen molar-refractivity contribution < 1.29 is 8.42 Å². The molecule has 1 fully saturated rings. The van der Waals surface area contributed by atoms with E-state index in [1.807, 2.05) is 48.8 Å². The largest absolute Gasteiger partial charge is 0.334 e. The number of hydrogen-bond acceptors (Lipinski definition) is 3. The second-order valence-electron chi connectivity index (χ2n) is 7.26. The van der Waals surface area contributed by atoms with Crippen molar-refractivity contribution in [1.82, 2.24) is 13.9 Å². The fourth-order valence-corrected chi connectivity index (χ4v) is 5.45. The zero-order valence-electron chi connectivity index (χ0n) is 15.0. The molecule has 1 aromatic heterocycles. The predicted octanol–water partition coefficient (Wildman–Crippen LogP) is 3.48. The van der Waals surface area contributed by atoms with Crippen LogP contribution < -0.4 is 0 Å². The highest BCUT2D eigenvalue weighted by molar-refractivity contribution is 7.89. The van der Waals surface area contributed by atoms with Gasteiger partial charge in [0.15, 0.2) is 0 Å². The lowest BCUT2D eigenvalue weighted by molar-refractivity contribution is 0.178. The summed E-state index contributed by atoms with van der Waals surface area (Å²) in [6, 6.07) is 13.1. The van der Waals surface area contributed by atoms with Gasteiger partial charge in [-0.1, -0.05) is 50.2 Å². The van der Waals surface area contributed by atoms with Gasteiger partial charge in [0.2, 0.25) is 10.0 Å². The SMILES string of the molecule is CC(C)c1nccn1CC1CN(S(=O)(=O)c2cccc3ccccc23)C1. The Morgan fingerprint density at radius 2 is 1.85 bits per heavy atom. The lowest BCUT2D eigenvalue weighted by Crippen LogP contribution is -2.51. The number of sulfonamides is 1. The standard InChI is InChI=1S/C20H23N3O2S/c1-15(2)20-21-10-11-22(20)12-16-13-23(14-16)26(24,25)19-9-5-7-17-6-3-4-8-18(17)19/h3-11,15-16H,12-14H2,1-2H3. The molecule has 2 aromatic carbocycles. The van der Waals surface area contributed by atoms with Crippen molar-refractivity contribution in [2.24, 2.45) is 5.92 Å². The van der Waals surface area contributed by atoms with Crippen molar-refractivity contribution >= 4 is 20.8 Å². The maximum absolute atomic E-state index is 13.1. The monoisotopic (exact) mass is 369 g/mol. The molecule has 26 heavy (non-hydrogen) atoms. The van der Waals surface area contributed by atoms with Gasteiger partial charge in [0, 0.05) is 49.2 Å². The molecule has 136 valence electrons. The molecular weight excluding hydrogens is 346 g/mol. The number of rotatable bonds is 5. The minimum Gasteiger partial charge on any atom is -0.334 e. The minimum atomic E-state index is -3.46. The van der Waals surface area contributed by atoms with Gasteiger partial charge >= 0.3 is 0 Å². The summed E-state index contributed by atoms with van der Waals surface area (Å²) < 4.78 is 29.9. The van der Waals surface area contributed by atoms with Gasteiger partial charge in [0.1, 0.15) is 5.82 Å². The van der Waals surface area contributed by atoms with Gasteiger partial charge in [0.05, 0.1) is 4.90 Å². The van der Waals surface area contributed by atoms with E-state index >= 15 is 0 Å². The van der Waals surface area contributed by atoms with E-state index in [1.165, 1.54) is 0 Å². The Balaban J connectivity index is 1.52. The Hall–Kier alpha value is -2.18. The Bertz CT molecular complexity index is 1030. The molecule has 5 nitrogen and oxygen atoms in total. The van der Waals surface area contributed by atoms with Crippen LogP contribution in [0.2, 0.25) is 0 Å². The molecule has 0 unspecified atom stereocenters. The summed E-state index contributed by atoms with van der Waals surface area (Å²) in [4.78, 5) is 4.81. The minimum absolute atomic E-state index is 0.325. The molecule has 4 rings (SSSR count). The first-order chi connectivity index (χ1) is 12.5. The van der Waals surface area contributed by atoms with Crippen LogP contribution in [0.4, 0.5) is 0 Å². The van der Waals surface area contributed by atoms with Crippen molar-refractivity contribution in [1.29, 1.82) is 0 Å². The first kappa shape index (κ1) is 17.2. The third-order valence-electron chi connectivity index (χ3n) is 5.01. The van der Waals surface area contributed by atoms with Crippen molar-refractivity contribution in [2.75, 3.05) is 13.1 Å². The molecule has 0 atom stereocenters. The molecule has 0 saturated carbocycles. The average Bonchev–Trinajstić information content (AvgIpc) is 3.05. The fourth-order valence-electron chi connectivity index (χ4n) is 3.65. The predicted molar refractivity (Wildman–Crippen MR) is 103 cm³/mol. The molecule has 0 bridgehead atoms. The van der Waals surface area contributed by atoms with Crippen LogP contribution in [0, 0.1) is 5.92 Å². The van der Waals surface area contributed by atoms with Crippen LogP contribution >= 0.6 is 0 Å². The summed E-state index contributed by atoms with van der Waals surface area (Å²) in [6.07, 6.45) is 3.80. The van der Waals surface area contributed by atoms with E-state index in [-0.39, 0.29) is 0 Å². The van der Waals surface area contributed by atoms with Crippen LogP contribution in [-0.4, -0.2) is 35.4 Å². The third-order valence-corrected chi connectivity index (χ3v) is 6.90. The van der Waals surface area contributed by atoms with Crippen LogP contribution in [0.15, 0.2) is 59.8 Å². The van der Waals surface area contributed by atoms with Gasteiger partial charge in [-0.25, -0.2) is 13.4 Å². The normalized spacial score (nSPS) is 16.3. The van der Waals surface area contributed by atoms with Crippen LogP contribution in [0.25, 0.3) is 10.8 Å². The lowest BCUT2D eigenvalue weighted by Gasteiger charge is -2.38. The number of imidazole rings is 1. The molecule has 0 N–H and O–H groups in total. The molecule has 1 saturated heterocycles. The van der Waals surface area contributed by atoms with E-state index in [0.717, 1.165) is 23.1 Å². The highest BCUT2D eigenvalue weighted by Crippen LogP contribution is 2.31. The lowest BCUT2D eigenvalue weighted by atomic mass is 10.0. The van der Waals surface area contributed by atoms with Crippen molar-refractivity contribution in [2.45, 2.75) is 31.2 Å². The van der Waals surface area contributed by atoms with Crippen LogP contribution in [0.1, 0.15) is 25.6 Å². The van der Waals surface area contributed by atoms with E-state index < -0.39 is 10.0 Å². The number of hydrogen-bond donors (Lipinski definition) is 0. The molecule has 0 radical (unpaired) electrons. The molecule has 0 aliphatic carbocycles. The second-order valence-corrected chi connectivity index (χ2v) is 9.16. The molecule has 0 spiro atoms. The Morgan fingerprint density at radius 1 is 1.12 bits per heavy atom. The van der Waals surface area contributed by atoms with Crippen LogP contribution in [0.5, 0.6) is 0 Å². The number of aromatic nitrogens is 2. The highest BCUT2D eigenvalue weighted by Gasteiger charge is 2.37. The van der Waals surface area contributed by atoms with Crippen molar-refractivity contribution in [3.63, 3.8) is 0 Å². The van der Waals surface area contributed by atoms with E-state index in [1.54, 1.807) is 10.4 Å². The van der Waals surface area contributed by atoms with E-state index in [9.17, 15) is 8.42 Å². The van der Waals surface area contributed by atoms with Gasteiger partial charge in [-0.3, -0.25) is 0 Å². The van der Waals surface area contributed by atoms with E-state index in [4.69, 9.17) is 0 Å². The van der Waals surface area contributed by atoms with E-state index in [2.05, 4.69) is 23.4 Å². The third kappa shape index (κ3) is 2.93. The second kappa shape index (κ2) is 6.52. The highest BCUT2D eigenvalue weighted by atomic mass is 32.2. The number of benzene rings is 2. The summed E-state index contributed by atoms with van der Waals surface area (Å²) in [6.45, 7) is 6.17. The summed E-state index contributed by atoms with van der Waals surface area (Å²) in [5.41, 5.74) is 0. The first-order valence-corrected chi connectivity index (χ1v) is 10.4.